The summed E-state index contributed by atoms with van der Waals surface area (Å²) in [6.45, 7) is 0. The molecule has 0 saturated heterocycles. The van der Waals surface area contributed by atoms with Crippen molar-refractivity contribution in [3.05, 3.63) is 0 Å². The zero-order valence-corrected chi connectivity index (χ0v) is 7.01. The molecule has 0 aromatic heterocycles. The summed E-state index contributed by atoms with van der Waals surface area (Å²) in [5.74, 6) is 0. The van der Waals surface area contributed by atoms with E-state index in [1.807, 2.05) is 0 Å². The van der Waals surface area contributed by atoms with Gasteiger partial charge in [-0.25, -0.2) is 4.57 Å². The van der Waals surface area contributed by atoms with Crippen molar-refractivity contribution >= 4 is 7.82 Å². The molecule has 0 aliphatic rings. The van der Waals surface area contributed by atoms with Crippen LogP contribution in [0.1, 0.15) is 0 Å². The van der Waals surface area contributed by atoms with E-state index in [2.05, 4.69) is 0 Å². The number of phosphoric acid groups is 1. The summed E-state index contributed by atoms with van der Waals surface area (Å²) in [7, 11) is -4.64. The molecule has 0 bridgehead atoms. The van der Waals surface area contributed by atoms with Crippen LogP contribution in [0.25, 0.3) is 0 Å². The summed E-state index contributed by atoms with van der Waals surface area (Å²) < 4.78 is 8.88. The summed E-state index contributed by atoms with van der Waals surface area (Å²) >= 11 is 0. The summed E-state index contributed by atoms with van der Waals surface area (Å²) in [5, 5.41) is 0. The number of hydrogen-bond donors (Lipinski definition) is 3. The van der Waals surface area contributed by atoms with Gasteiger partial charge in [0.1, 0.15) is 0 Å². The Morgan fingerprint density at radius 2 is 0.889 bits per heavy atom. The SMILES string of the molecule is O.O.O=P(O)(O)O.[Fe].[Fe]. The van der Waals surface area contributed by atoms with E-state index in [4.69, 9.17) is 19.2 Å². The van der Waals surface area contributed by atoms with E-state index < -0.39 is 7.82 Å². The molecule has 7 N–H and O–H groups in total. The first-order chi connectivity index (χ1) is 2.00. The Labute approximate surface area is 72.5 Å². The third-order valence-electron chi connectivity index (χ3n) is 0. The zero-order valence-electron chi connectivity index (χ0n) is 3.90. The first-order valence-electron chi connectivity index (χ1n) is 0.783. The fourth-order valence-corrected chi connectivity index (χ4v) is 0. The van der Waals surface area contributed by atoms with Crippen molar-refractivity contribution in [2.45, 2.75) is 0 Å². The third kappa shape index (κ3) is 397. The molecule has 9 heteroatoms. The van der Waals surface area contributed by atoms with Crippen LogP contribution in [0, 0.1) is 0 Å². The van der Waals surface area contributed by atoms with Crippen molar-refractivity contribution in [2.75, 3.05) is 0 Å². The second kappa shape index (κ2) is 11.8. The van der Waals surface area contributed by atoms with Gasteiger partial charge in [-0.2, -0.15) is 0 Å². The van der Waals surface area contributed by atoms with Gasteiger partial charge in [0.15, 0.2) is 0 Å². The molecule has 0 aromatic rings. The molecule has 0 aromatic carbocycles. The van der Waals surface area contributed by atoms with Gasteiger partial charge in [0.2, 0.25) is 0 Å². The molecule has 0 heterocycles. The quantitative estimate of drug-likeness (QED) is 0.318. The monoisotopic (exact) mass is 246 g/mol. The van der Waals surface area contributed by atoms with E-state index in [0.29, 0.717) is 0 Å². The van der Waals surface area contributed by atoms with Crippen molar-refractivity contribution in [2.24, 2.45) is 0 Å². The molecule has 0 fully saturated rings. The summed E-state index contributed by atoms with van der Waals surface area (Å²) in [4.78, 5) is 21.6. The molecule has 6 nitrogen and oxygen atoms in total. The van der Waals surface area contributed by atoms with Gasteiger partial charge in [0.25, 0.3) is 0 Å². The van der Waals surface area contributed by atoms with E-state index in [1.54, 1.807) is 0 Å². The third-order valence-corrected chi connectivity index (χ3v) is 0. The standard InChI is InChI=1S/2Fe.H3O4P.2H2O/c;;1-5(2,3)4;;/h;;(H3,1,2,3,4);2*1H2. The maximum Gasteiger partial charge on any atom is 0.466 e. The van der Waals surface area contributed by atoms with Crippen molar-refractivity contribution in [3.8, 4) is 0 Å². The number of rotatable bonds is 0. The van der Waals surface area contributed by atoms with Crippen molar-refractivity contribution in [3.63, 3.8) is 0 Å². The number of hydrogen-bond acceptors (Lipinski definition) is 1. The Bertz CT molecular complexity index is 57.2. The van der Waals surface area contributed by atoms with Crippen LogP contribution in [0.3, 0.4) is 0 Å². The van der Waals surface area contributed by atoms with Crippen LogP contribution in [0.2, 0.25) is 0 Å². The topological polar surface area (TPSA) is 141 Å². The Morgan fingerprint density at radius 1 is 0.889 bits per heavy atom. The van der Waals surface area contributed by atoms with Gasteiger partial charge in [0.05, 0.1) is 0 Å². The largest absolute Gasteiger partial charge is 0.466 e. The molecule has 0 amide bonds. The fourth-order valence-electron chi connectivity index (χ4n) is 0. The van der Waals surface area contributed by atoms with Crippen molar-refractivity contribution in [1.29, 1.82) is 0 Å². The molecule has 0 aliphatic carbocycles. The van der Waals surface area contributed by atoms with E-state index in [-0.39, 0.29) is 45.1 Å². The maximum atomic E-state index is 8.88. The first kappa shape index (κ1) is 32.2. The van der Waals surface area contributed by atoms with Gasteiger partial charge in [-0.1, -0.05) is 0 Å². The van der Waals surface area contributed by atoms with Crippen LogP contribution in [0.4, 0.5) is 0 Å². The molecule has 0 unspecified atom stereocenters. The molecular weight excluding hydrogens is 239 g/mol. The van der Waals surface area contributed by atoms with Crippen molar-refractivity contribution in [1.82, 2.24) is 0 Å². The Balaban J connectivity index is -0.0000000133. The Morgan fingerprint density at radius 3 is 0.889 bits per heavy atom. The molecule has 0 atom stereocenters. The molecule has 0 rings (SSSR count). The minimum atomic E-state index is -4.64. The Hall–Kier alpha value is 1.07. The predicted octanol–water partition coefficient (Wildman–Crippen LogP) is -2.58. The molecule has 0 spiro atoms. The van der Waals surface area contributed by atoms with Crippen LogP contribution >= 0.6 is 7.82 Å². The average Bonchev–Trinajstić information content (AvgIpc) is 0.722. The van der Waals surface area contributed by atoms with Gasteiger partial charge in [-0.3, -0.25) is 0 Å². The van der Waals surface area contributed by atoms with Crippen molar-refractivity contribution < 1.29 is 64.3 Å². The van der Waals surface area contributed by atoms with Gasteiger partial charge in [-0.05, 0) is 0 Å². The smallest absolute Gasteiger partial charge is 0.412 e. The van der Waals surface area contributed by atoms with Gasteiger partial charge >= 0.3 is 7.82 Å². The second-order valence-corrected chi connectivity index (χ2v) is 1.54. The molecule has 0 saturated carbocycles. The van der Waals surface area contributed by atoms with E-state index in [1.165, 1.54) is 0 Å². The zero-order chi connectivity index (χ0) is 4.50. The van der Waals surface area contributed by atoms with Gasteiger partial charge in [0, 0.05) is 34.1 Å². The van der Waals surface area contributed by atoms with Gasteiger partial charge < -0.3 is 25.6 Å². The summed E-state index contributed by atoms with van der Waals surface area (Å²) in [6.07, 6.45) is 0. The van der Waals surface area contributed by atoms with Gasteiger partial charge in [-0.15, -0.1) is 0 Å². The normalized spacial score (nSPS) is 6.56. The van der Waals surface area contributed by atoms with E-state index >= 15 is 0 Å². The van der Waals surface area contributed by atoms with Crippen LogP contribution in [-0.4, -0.2) is 25.6 Å². The van der Waals surface area contributed by atoms with E-state index in [9.17, 15) is 0 Å². The average molecular weight is 246 g/mol. The van der Waals surface area contributed by atoms with E-state index in [0.717, 1.165) is 0 Å². The predicted molar refractivity (Wildman–Crippen MR) is 21.5 cm³/mol. The van der Waals surface area contributed by atoms with Crippen LogP contribution in [0.5, 0.6) is 0 Å². The van der Waals surface area contributed by atoms with Crippen LogP contribution in [0.15, 0.2) is 0 Å². The molecular formula is H7Fe2O6P. The molecule has 64 valence electrons. The Kier molecular flexibility index (Phi) is 42.3. The van der Waals surface area contributed by atoms with Crippen LogP contribution in [-0.2, 0) is 38.7 Å². The minimum absolute atomic E-state index is 0. The minimum Gasteiger partial charge on any atom is -0.412 e. The summed E-state index contributed by atoms with van der Waals surface area (Å²) in [6, 6.07) is 0. The second-order valence-electron chi connectivity index (χ2n) is 0.513. The molecule has 9 heavy (non-hydrogen) atoms. The maximum absolute atomic E-state index is 8.88. The fraction of sp³-hybridized carbons (Fsp3) is 0. The molecule has 0 radical (unpaired) electrons. The summed E-state index contributed by atoms with van der Waals surface area (Å²) in [5.41, 5.74) is 0. The first-order valence-corrected chi connectivity index (χ1v) is 2.35. The molecule has 0 aliphatic heterocycles. The van der Waals surface area contributed by atoms with Crippen LogP contribution < -0.4 is 0 Å².